The van der Waals surface area contributed by atoms with Crippen molar-refractivity contribution in [3.05, 3.63) is 35.2 Å². The van der Waals surface area contributed by atoms with E-state index in [9.17, 15) is 4.79 Å². The summed E-state index contributed by atoms with van der Waals surface area (Å²) in [4.78, 5) is 16.0. The molecule has 132 valence electrons. The van der Waals surface area contributed by atoms with Crippen LogP contribution in [0.5, 0.6) is 0 Å². The lowest BCUT2D eigenvalue weighted by Crippen LogP contribution is -2.24. The Hall–Kier alpha value is -1.63. The lowest BCUT2D eigenvalue weighted by atomic mass is 10.2. The molecule has 24 heavy (non-hydrogen) atoms. The largest absolute Gasteiger partial charge is 0.356 e. The monoisotopic (exact) mass is 372 g/mol. The molecule has 0 saturated carbocycles. The van der Waals surface area contributed by atoms with Crippen molar-refractivity contribution in [2.45, 2.75) is 32.1 Å². The average molecular weight is 373 g/mol. The molecule has 6 nitrogen and oxygen atoms in total. The number of nitrogens with one attached hydrogen (secondary N) is 1. The van der Waals surface area contributed by atoms with Gasteiger partial charge in [-0.15, -0.1) is 12.4 Å². The molecule has 0 fully saturated rings. The molecule has 2 rings (SSSR count). The van der Waals surface area contributed by atoms with E-state index in [0.29, 0.717) is 49.1 Å². The number of benzene rings is 1. The van der Waals surface area contributed by atoms with Crippen LogP contribution in [0.4, 0.5) is 0 Å². The van der Waals surface area contributed by atoms with Gasteiger partial charge in [0.1, 0.15) is 0 Å². The number of unbranched alkanes of at least 4 members (excludes halogenated alkanes) is 1. The summed E-state index contributed by atoms with van der Waals surface area (Å²) in [5, 5.41) is 7.47. The second kappa shape index (κ2) is 11.0. The Bertz CT molecular complexity index is 617. The Morgan fingerprint density at radius 1 is 1.21 bits per heavy atom. The van der Waals surface area contributed by atoms with Gasteiger partial charge in [0, 0.05) is 30.0 Å². The summed E-state index contributed by atoms with van der Waals surface area (Å²) in [5.41, 5.74) is 6.25. The fourth-order valence-electron chi connectivity index (χ4n) is 2.06. The van der Waals surface area contributed by atoms with E-state index in [1.54, 1.807) is 12.1 Å². The summed E-state index contributed by atoms with van der Waals surface area (Å²) in [6.07, 6.45) is 3.54. The van der Waals surface area contributed by atoms with Crippen LogP contribution in [-0.4, -0.2) is 29.1 Å². The average Bonchev–Trinajstić information content (AvgIpc) is 3.01. The highest BCUT2D eigenvalue weighted by molar-refractivity contribution is 6.30. The van der Waals surface area contributed by atoms with E-state index in [-0.39, 0.29) is 18.3 Å². The van der Waals surface area contributed by atoms with Crippen molar-refractivity contribution < 1.29 is 9.32 Å². The SMILES string of the molecule is Cl.NCCCCNC(=O)CCCc1nc(-c2ccc(Cl)cc2)no1. The van der Waals surface area contributed by atoms with Crippen molar-refractivity contribution in [2.24, 2.45) is 5.73 Å². The second-order valence-electron chi connectivity index (χ2n) is 5.22. The highest BCUT2D eigenvalue weighted by Gasteiger charge is 2.09. The molecule has 0 atom stereocenters. The van der Waals surface area contributed by atoms with E-state index in [0.717, 1.165) is 18.4 Å². The van der Waals surface area contributed by atoms with E-state index < -0.39 is 0 Å². The predicted octanol–water partition coefficient (Wildman–Crippen LogP) is 2.99. The maximum absolute atomic E-state index is 11.6. The van der Waals surface area contributed by atoms with Crippen LogP contribution in [0.3, 0.4) is 0 Å². The topological polar surface area (TPSA) is 94.0 Å². The molecular formula is C16H22Cl2N4O2. The normalized spacial score (nSPS) is 10.2. The minimum Gasteiger partial charge on any atom is -0.356 e. The van der Waals surface area contributed by atoms with Gasteiger partial charge < -0.3 is 15.6 Å². The van der Waals surface area contributed by atoms with Crippen LogP contribution in [0, 0.1) is 0 Å². The van der Waals surface area contributed by atoms with Gasteiger partial charge in [-0.2, -0.15) is 4.98 Å². The first-order valence-corrected chi connectivity index (χ1v) is 8.12. The zero-order chi connectivity index (χ0) is 16.5. The van der Waals surface area contributed by atoms with Gasteiger partial charge in [0.25, 0.3) is 0 Å². The van der Waals surface area contributed by atoms with Crippen molar-refractivity contribution in [3.63, 3.8) is 0 Å². The number of nitrogens with two attached hydrogens (primary N) is 1. The quantitative estimate of drug-likeness (QED) is 0.659. The molecule has 0 unspecified atom stereocenters. The van der Waals surface area contributed by atoms with E-state index >= 15 is 0 Å². The number of hydrogen-bond acceptors (Lipinski definition) is 5. The number of rotatable bonds is 9. The van der Waals surface area contributed by atoms with E-state index in [1.165, 1.54) is 0 Å². The van der Waals surface area contributed by atoms with Crippen molar-refractivity contribution in [1.29, 1.82) is 0 Å². The van der Waals surface area contributed by atoms with Crippen LogP contribution < -0.4 is 11.1 Å². The molecule has 0 saturated heterocycles. The summed E-state index contributed by atoms with van der Waals surface area (Å²) in [5.74, 6) is 1.10. The number of carbonyl (C=O) groups is 1. The maximum Gasteiger partial charge on any atom is 0.226 e. The second-order valence-corrected chi connectivity index (χ2v) is 5.65. The molecule has 0 bridgehead atoms. The first-order valence-electron chi connectivity index (χ1n) is 7.74. The number of aromatic nitrogens is 2. The van der Waals surface area contributed by atoms with Gasteiger partial charge in [-0.1, -0.05) is 16.8 Å². The molecule has 0 radical (unpaired) electrons. The lowest BCUT2D eigenvalue weighted by molar-refractivity contribution is -0.121. The Kier molecular flexibility index (Phi) is 9.37. The van der Waals surface area contributed by atoms with Crippen LogP contribution >= 0.6 is 24.0 Å². The van der Waals surface area contributed by atoms with Gasteiger partial charge in [-0.05, 0) is 50.1 Å². The smallest absolute Gasteiger partial charge is 0.226 e. The first-order chi connectivity index (χ1) is 11.2. The third kappa shape index (κ3) is 6.86. The summed E-state index contributed by atoms with van der Waals surface area (Å²) in [7, 11) is 0. The molecular weight excluding hydrogens is 351 g/mol. The zero-order valence-electron chi connectivity index (χ0n) is 13.3. The van der Waals surface area contributed by atoms with Crippen LogP contribution in [-0.2, 0) is 11.2 Å². The third-order valence-corrected chi connectivity index (χ3v) is 3.57. The van der Waals surface area contributed by atoms with E-state index in [1.807, 2.05) is 12.1 Å². The molecule has 1 amide bonds. The summed E-state index contributed by atoms with van der Waals surface area (Å²) in [6, 6.07) is 7.24. The Labute approximate surface area is 152 Å². The van der Waals surface area contributed by atoms with Crippen LogP contribution in [0.25, 0.3) is 11.4 Å². The number of halogens is 2. The number of carbonyl (C=O) groups excluding carboxylic acids is 1. The van der Waals surface area contributed by atoms with Gasteiger partial charge >= 0.3 is 0 Å². The lowest BCUT2D eigenvalue weighted by Gasteiger charge is -2.03. The minimum absolute atomic E-state index is 0. The molecule has 2 aromatic rings. The van der Waals surface area contributed by atoms with Crippen LogP contribution in [0.2, 0.25) is 5.02 Å². The van der Waals surface area contributed by atoms with Crippen molar-refractivity contribution in [2.75, 3.05) is 13.1 Å². The van der Waals surface area contributed by atoms with Crippen LogP contribution in [0.1, 0.15) is 31.6 Å². The molecule has 0 aliphatic carbocycles. The minimum atomic E-state index is 0. The van der Waals surface area contributed by atoms with Crippen molar-refractivity contribution in [1.82, 2.24) is 15.5 Å². The number of nitrogens with zero attached hydrogens (tertiary/aromatic N) is 2. The summed E-state index contributed by atoms with van der Waals surface area (Å²) < 4.78 is 5.20. The molecule has 1 heterocycles. The van der Waals surface area contributed by atoms with Crippen molar-refractivity contribution >= 4 is 29.9 Å². The molecule has 0 aliphatic rings. The fraction of sp³-hybridized carbons (Fsp3) is 0.438. The molecule has 0 aliphatic heterocycles. The van der Waals surface area contributed by atoms with Gasteiger partial charge in [-0.25, -0.2) is 0 Å². The number of amides is 1. The third-order valence-electron chi connectivity index (χ3n) is 3.32. The number of hydrogen-bond donors (Lipinski definition) is 2. The molecule has 1 aromatic heterocycles. The highest BCUT2D eigenvalue weighted by atomic mass is 35.5. The molecule has 1 aromatic carbocycles. The zero-order valence-corrected chi connectivity index (χ0v) is 14.9. The maximum atomic E-state index is 11.6. The van der Waals surface area contributed by atoms with E-state index in [4.69, 9.17) is 21.9 Å². The van der Waals surface area contributed by atoms with Gasteiger partial charge in [0.05, 0.1) is 0 Å². The molecule has 8 heteroatoms. The number of aryl methyl sites for hydroxylation is 1. The van der Waals surface area contributed by atoms with Crippen molar-refractivity contribution in [3.8, 4) is 11.4 Å². The Morgan fingerprint density at radius 2 is 1.96 bits per heavy atom. The van der Waals surface area contributed by atoms with Gasteiger partial charge in [0.2, 0.25) is 17.6 Å². The standard InChI is InChI=1S/C16H21ClN4O2.ClH/c17-13-8-6-12(7-9-13)16-20-15(23-21-16)5-3-4-14(22)19-11-2-1-10-18;/h6-9H,1-5,10-11,18H2,(H,19,22);1H. The van der Waals surface area contributed by atoms with Crippen LogP contribution in [0.15, 0.2) is 28.8 Å². The summed E-state index contributed by atoms with van der Waals surface area (Å²) >= 11 is 5.85. The predicted molar refractivity (Wildman–Crippen MR) is 96.2 cm³/mol. The highest BCUT2D eigenvalue weighted by Crippen LogP contribution is 2.19. The summed E-state index contributed by atoms with van der Waals surface area (Å²) in [6.45, 7) is 1.33. The Balaban J connectivity index is 0.00000288. The molecule has 3 N–H and O–H groups in total. The van der Waals surface area contributed by atoms with Gasteiger partial charge in [-0.3, -0.25) is 4.79 Å². The first kappa shape index (κ1) is 20.4. The fourth-order valence-corrected chi connectivity index (χ4v) is 2.18. The Morgan fingerprint density at radius 3 is 2.67 bits per heavy atom. The van der Waals surface area contributed by atoms with E-state index in [2.05, 4.69) is 15.5 Å². The van der Waals surface area contributed by atoms with Gasteiger partial charge in [0.15, 0.2) is 0 Å². The molecule has 0 spiro atoms.